The number of alkyl halides is 26. The highest BCUT2D eigenvalue weighted by atomic mass is 19.4. The summed E-state index contributed by atoms with van der Waals surface area (Å²) in [6.07, 6.45) is -27.1. The minimum absolute atomic E-state index is 0.249. The molecule has 2 unspecified atom stereocenters. The Morgan fingerprint density at radius 2 is 0.602 bits per heavy atom. The highest BCUT2D eigenvalue weighted by molar-refractivity contribution is 5.94. The van der Waals surface area contributed by atoms with Gasteiger partial charge in [-0.2, -0.15) is 114 Å². The third-order valence-corrected chi connectivity index (χ3v) is 15.7. The smallest absolute Gasteiger partial charge is 0.460 e. The highest BCUT2D eigenvalue weighted by Gasteiger charge is 2.92. The summed E-state index contributed by atoms with van der Waals surface area (Å²) in [5.74, 6) is -77.5. The SMILES string of the molecule is OC(COc1ccc2cc(C3(c4ccc5cc(OCC(O)CC(F)(F)C(F)(F)C(F)(F)C(F)(F)C(F)(F)C(F)(F)F)ccc5c4)c4cc(-c5ccccc5)ccc4-c4ccc(-c5ccccc5)cc43)ccc2c1)CC(F)(F)C(F)(F)C(F)(F)C(F)(F)C(F)(F)C(F)(F)F. The van der Waals surface area contributed by atoms with Crippen molar-refractivity contribution < 1.29 is 134 Å². The summed E-state index contributed by atoms with van der Waals surface area (Å²) in [4.78, 5) is 0. The normalized spacial score (nSPS) is 15.5. The number of rotatable bonds is 22. The van der Waals surface area contributed by atoms with E-state index in [1.165, 1.54) is 36.4 Å². The van der Waals surface area contributed by atoms with Crippen molar-refractivity contribution in [3.05, 3.63) is 192 Å². The molecule has 0 radical (unpaired) electrons. The van der Waals surface area contributed by atoms with Gasteiger partial charge in [0, 0.05) is 12.8 Å². The van der Waals surface area contributed by atoms with E-state index >= 15 is 0 Å². The van der Waals surface area contributed by atoms with E-state index in [1.54, 1.807) is 60.7 Å². The molecule has 0 spiro atoms. The van der Waals surface area contributed by atoms with Crippen LogP contribution in [0.4, 0.5) is 114 Å². The fourth-order valence-corrected chi connectivity index (χ4v) is 10.8. The van der Waals surface area contributed by atoms with E-state index in [0.717, 1.165) is 23.3 Å². The molecule has 498 valence electrons. The molecular formula is C63H40F26O4. The molecule has 0 amide bonds. The molecule has 2 N–H and O–H groups in total. The summed E-state index contributed by atoms with van der Waals surface area (Å²) in [5.41, 5.74) is 5.23. The van der Waals surface area contributed by atoms with E-state index in [1.807, 2.05) is 60.7 Å². The molecule has 8 aromatic rings. The van der Waals surface area contributed by atoms with E-state index in [2.05, 4.69) is 0 Å². The number of hydrogen-bond acceptors (Lipinski definition) is 4. The fourth-order valence-electron chi connectivity index (χ4n) is 10.8. The molecule has 9 rings (SSSR count). The minimum atomic E-state index is -8.15. The van der Waals surface area contributed by atoms with Crippen LogP contribution in [0.2, 0.25) is 0 Å². The molecule has 30 heteroatoms. The molecule has 8 aromatic carbocycles. The zero-order valence-electron chi connectivity index (χ0n) is 46.2. The van der Waals surface area contributed by atoms with Crippen LogP contribution in [0.3, 0.4) is 0 Å². The van der Waals surface area contributed by atoms with Gasteiger partial charge in [-0.1, -0.05) is 121 Å². The summed E-state index contributed by atoms with van der Waals surface area (Å²) < 4.78 is 369. The van der Waals surface area contributed by atoms with Crippen molar-refractivity contribution in [2.24, 2.45) is 0 Å². The van der Waals surface area contributed by atoms with Crippen LogP contribution in [0.1, 0.15) is 35.1 Å². The second kappa shape index (κ2) is 23.2. The Labute approximate surface area is 506 Å². The summed E-state index contributed by atoms with van der Waals surface area (Å²) in [7, 11) is 0. The molecule has 1 aliphatic carbocycles. The number of benzene rings is 8. The predicted molar refractivity (Wildman–Crippen MR) is 283 cm³/mol. The third-order valence-electron chi connectivity index (χ3n) is 15.7. The van der Waals surface area contributed by atoms with E-state index in [-0.39, 0.29) is 22.3 Å². The fraction of sp³-hybridized carbons (Fsp3) is 0.302. The van der Waals surface area contributed by atoms with Crippen molar-refractivity contribution in [1.82, 2.24) is 0 Å². The Morgan fingerprint density at radius 1 is 0.301 bits per heavy atom. The molecule has 93 heavy (non-hydrogen) atoms. The molecule has 0 aliphatic heterocycles. The second-order valence-electron chi connectivity index (χ2n) is 21.8. The number of halogens is 26. The quantitative estimate of drug-likeness (QED) is 0.0664. The first-order valence-corrected chi connectivity index (χ1v) is 26.8. The number of ether oxygens (including phenoxy) is 2. The summed E-state index contributed by atoms with van der Waals surface area (Å²) in [5, 5.41) is 21.7. The van der Waals surface area contributed by atoms with Crippen molar-refractivity contribution >= 4 is 21.5 Å². The van der Waals surface area contributed by atoms with Crippen LogP contribution in [0.25, 0.3) is 54.9 Å². The minimum Gasteiger partial charge on any atom is -0.491 e. The average molecular weight is 1350 g/mol. The standard InChI is InChI=1S/C63H40F26O4/c64-51(65,54(68,69)56(72,73)58(76,77)60(80,81)62(84,85)86)29-43(90)31-92-45-19-13-35-23-41(17-11-37(35)25-45)53(49-27-39(33-7-3-1-4-8-33)15-21-47(49)48-22-16-40(28-50(48)53)34-9-5-2-6-10-34)42-18-12-38-26-46(20-14-36(38)24-42)93-32-44(91)30-52(66,67)55(70,71)57(74,75)59(78,79)61(82,83)63(87,88)89/h1-28,43-44,90-91H,29-32H2. The number of aliphatic hydroxyl groups excluding tert-OH is 2. The van der Waals surface area contributed by atoms with Crippen LogP contribution in [0.5, 0.6) is 11.5 Å². The Balaban J connectivity index is 1.07. The molecule has 0 aromatic heterocycles. The molecule has 0 saturated heterocycles. The molecule has 0 fully saturated rings. The van der Waals surface area contributed by atoms with Crippen molar-refractivity contribution in [2.75, 3.05) is 13.2 Å². The summed E-state index contributed by atoms with van der Waals surface area (Å²) in [6.45, 7) is -3.03. The molecule has 4 nitrogen and oxygen atoms in total. The van der Waals surface area contributed by atoms with E-state index in [9.17, 15) is 124 Å². The number of aliphatic hydroxyl groups is 2. The largest absolute Gasteiger partial charge is 0.491 e. The molecular weight excluding hydrogens is 1310 g/mol. The monoisotopic (exact) mass is 1350 g/mol. The Morgan fingerprint density at radius 3 is 0.925 bits per heavy atom. The zero-order valence-corrected chi connectivity index (χ0v) is 46.2. The molecule has 0 saturated carbocycles. The van der Waals surface area contributed by atoms with Gasteiger partial charge in [0.25, 0.3) is 0 Å². The lowest BCUT2D eigenvalue weighted by Gasteiger charge is -2.40. The Hall–Kier alpha value is -8.02. The van der Waals surface area contributed by atoms with Gasteiger partial charge in [-0.05, 0) is 126 Å². The van der Waals surface area contributed by atoms with Crippen LogP contribution in [0, 0.1) is 0 Å². The van der Waals surface area contributed by atoms with Gasteiger partial charge in [-0.15, -0.1) is 0 Å². The first-order valence-electron chi connectivity index (χ1n) is 26.8. The average Bonchev–Trinajstić information content (AvgIpc) is 1.67. The first kappa shape index (κ1) is 69.3. The predicted octanol–water partition coefficient (Wildman–Crippen LogP) is 19.4. The summed E-state index contributed by atoms with van der Waals surface area (Å²) >= 11 is 0. The maximum absolute atomic E-state index is 14.7. The van der Waals surface area contributed by atoms with Crippen LogP contribution < -0.4 is 9.47 Å². The highest BCUT2D eigenvalue weighted by Crippen LogP contribution is 2.64. The van der Waals surface area contributed by atoms with E-state index in [4.69, 9.17) is 9.47 Å². The Bertz CT molecular complexity index is 3790. The van der Waals surface area contributed by atoms with Gasteiger partial charge < -0.3 is 19.7 Å². The van der Waals surface area contributed by atoms with Crippen molar-refractivity contribution in [3.63, 3.8) is 0 Å². The van der Waals surface area contributed by atoms with Gasteiger partial charge in [0.2, 0.25) is 0 Å². The molecule has 0 heterocycles. The van der Waals surface area contributed by atoms with Crippen molar-refractivity contribution in [1.29, 1.82) is 0 Å². The van der Waals surface area contributed by atoms with Crippen molar-refractivity contribution in [2.45, 2.75) is 102 Å². The molecule has 2 atom stereocenters. The number of fused-ring (bicyclic) bond motifs is 5. The first-order chi connectivity index (χ1) is 42.7. The third kappa shape index (κ3) is 11.3. The number of hydrogen-bond donors (Lipinski definition) is 2. The van der Waals surface area contributed by atoms with Gasteiger partial charge in [-0.25, -0.2) is 0 Å². The van der Waals surface area contributed by atoms with Crippen molar-refractivity contribution in [3.8, 4) is 44.9 Å². The van der Waals surface area contributed by atoms with Crippen LogP contribution in [-0.2, 0) is 5.41 Å². The van der Waals surface area contributed by atoms with Crippen LogP contribution in [0.15, 0.2) is 170 Å². The lowest BCUT2D eigenvalue weighted by Crippen LogP contribution is -2.70. The Kier molecular flexibility index (Phi) is 17.3. The maximum Gasteiger partial charge on any atom is 0.460 e. The molecule has 0 bridgehead atoms. The maximum atomic E-state index is 14.7. The van der Waals surface area contributed by atoms with Gasteiger partial charge in [-0.3, -0.25) is 0 Å². The topological polar surface area (TPSA) is 58.9 Å². The lowest BCUT2D eigenvalue weighted by molar-refractivity contribution is -0.440. The zero-order chi connectivity index (χ0) is 68.9. The van der Waals surface area contributed by atoms with Gasteiger partial charge in [0.05, 0.1) is 17.6 Å². The van der Waals surface area contributed by atoms with E-state index in [0.29, 0.717) is 55.3 Å². The lowest BCUT2D eigenvalue weighted by atomic mass is 9.66. The summed E-state index contributed by atoms with van der Waals surface area (Å²) in [6, 6.07) is 46.6. The van der Waals surface area contributed by atoms with Gasteiger partial charge in [0.15, 0.2) is 0 Å². The van der Waals surface area contributed by atoms with E-state index < -0.39 is 115 Å². The van der Waals surface area contributed by atoms with Gasteiger partial charge in [0.1, 0.15) is 24.7 Å². The molecule has 1 aliphatic rings. The van der Waals surface area contributed by atoms with Crippen LogP contribution in [-0.4, -0.2) is 107 Å². The van der Waals surface area contributed by atoms with Crippen LogP contribution >= 0.6 is 0 Å². The van der Waals surface area contributed by atoms with Gasteiger partial charge >= 0.3 is 71.6 Å². The second-order valence-corrected chi connectivity index (χ2v) is 21.8.